The molecule has 0 aliphatic carbocycles. The Morgan fingerprint density at radius 3 is 2.29 bits per heavy atom. The minimum atomic E-state index is 0. The first kappa shape index (κ1) is 13.2. The lowest BCUT2D eigenvalue weighted by atomic mass is 10.0. The number of rotatable bonds is 4. The van der Waals surface area contributed by atoms with Gasteiger partial charge in [-0.25, -0.2) is 0 Å². The first-order valence-electron chi connectivity index (χ1n) is 4.58. The fraction of sp³-hybridized carbons (Fsp3) is 0.333. The first-order valence-corrected chi connectivity index (χ1v) is 4.58. The van der Waals surface area contributed by atoms with Gasteiger partial charge in [-0.3, -0.25) is 0 Å². The molecule has 0 bridgehead atoms. The SMILES string of the molecule is C=CCC(c1ccccc1)N(C)C.Cl. The molecule has 2 heteroatoms. The molecule has 0 saturated heterocycles. The fourth-order valence-electron chi connectivity index (χ4n) is 1.48. The fourth-order valence-corrected chi connectivity index (χ4v) is 1.48. The normalized spacial score (nSPS) is 11.9. The third-order valence-electron chi connectivity index (χ3n) is 2.20. The van der Waals surface area contributed by atoms with Crippen LogP contribution in [0.25, 0.3) is 0 Å². The molecule has 1 rings (SSSR count). The van der Waals surface area contributed by atoms with E-state index in [0.717, 1.165) is 6.42 Å². The maximum atomic E-state index is 3.78. The van der Waals surface area contributed by atoms with E-state index < -0.39 is 0 Å². The molecule has 0 N–H and O–H groups in total. The number of halogens is 1. The summed E-state index contributed by atoms with van der Waals surface area (Å²) in [5, 5.41) is 0. The molecule has 1 aromatic rings. The smallest absolute Gasteiger partial charge is 0.0376 e. The van der Waals surface area contributed by atoms with E-state index in [-0.39, 0.29) is 12.4 Å². The number of nitrogens with zero attached hydrogens (tertiary/aromatic N) is 1. The van der Waals surface area contributed by atoms with E-state index >= 15 is 0 Å². The van der Waals surface area contributed by atoms with Crippen LogP contribution in [0.2, 0.25) is 0 Å². The largest absolute Gasteiger partial charge is 0.302 e. The van der Waals surface area contributed by atoms with Crippen LogP contribution in [-0.2, 0) is 0 Å². The van der Waals surface area contributed by atoms with Gasteiger partial charge in [0, 0.05) is 6.04 Å². The van der Waals surface area contributed by atoms with Crippen molar-refractivity contribution in [1.29, 1.82) is 0 Å². The topological polar surface area (TPSA) is 3.24 Å². The molecule has 0 aliphatic rings. The van der Waals surface area contributed by atoms with Crippen LogP contribution in [0.3, 0.4) is 0 Å². The molecule has 0 heterocycles. The summed E-state index contributed by atoms with van der Waals surface area (Å²) < 4.78 is 0. The van der Waals surface area contributed by atoms with E-state index in [0.29, 0.717) is 6.04 Å². The van der Waals surface area contributed by atoms with Crippen molar-refractivity contribution >= 4 is 12.4 Å². The van der Waals surface area contributed by atoms with E-state index in [1.807, 2.05) is 12.1 Å². The highest BCUT2D eigenvalue weighted by Gasteiger charge is 2.10. The number of hydrogen-bond acceptors (Lipinski definition) is 1. The molecule has 0 saturated carbocycles. The van der Waals surface area contributed by atoms with Crippen LogP contribution in [-0.4, -0.2) is 19.0 Å². The Bertz CT molecular complexity index is 256. The second-order valence-corrected chi connectivity index (χ2v) is 3.41. The van der Waals surface area contributed by atoms with Gasteiger partial charge in [0.2, 0.25) is 0 Å². The van der Waals surface area contributed by atoms with Crippen molar-refractivity contribution in [1.82, 2.24) is 4.90 Å². The van der Waals surface area contributed by atoms with Gasteiger partial charge in [0.15, 0.2) is 0 Å². The number of hydrogen-bond donors (Lipinski definition) is 0. The van der Waals surface area contributed by atoms with Crippen LogP contribution in [0, 0.1) is 0 Å². The molecule has 0 fully saturated rings. The zero-order valence-corrected chi connectivity index (χ0v) is 9.63. The average Bonchev–Trinajstić information content (AvgIpc) is 2.15. The van der Waals surface area contributed by atoms with Crippen molar-refractivity contribution in [2.45, 2.75) is 12.5 Å². The van der Waals surface area contributed by atoms with Crippen molar-refractivity contribution in [3.63, 3.8) is 0 Å². The highest BCUT2D eigenvalue weighted by atomic mass is 35.5. The Hall–Kier alpha value is -0.790. The van der Waals surface area contributed by atoms with Crippen LogP contribution in [0.15, 0.2) is 43.0 Å². The molecular weight excluding hydrogens is 194 g/mol. The average molecular weight is 212 g/mol. The summed E-state index contributed by atoms with van der Waals surface area (Å²) >= 11 is 0. The van der Waals surface area contributed by atoms with Crippen LogP contribution >= 0.6 is 12.4 Å². The molecule has 0 aliphatic heterocycles. The molecule has 1 aromatic carbocycles. The van der Waals surface area contributed by atoms with Crippen molar-refractivity contribution in [2.24, 2.45) is 0 Å². The Balaban J connectivity index is 0.00000169. The third-order valence-corrected chi connectivity index (χ3v) is 2.20. The predicted molar refractivity (Wildman–Crippen MR) is 64.9 cm³/mol. The van der Waals surface area contributed by atoms with Gasteiger partial charge < -0.3 is 4.90 Å². The maximum absolute atomic E-state index is 3.78. The molecular formula is C12H18ClN. The van der Waals surface area contributed by atoms with Crippen LogP contribution < -0.4 is 0 Å². The van der Waals surface area contributed by atoms with Gasteiger partial charge in [0.05, 0.1) is 0 Å². The molecule has 1 atom stereocenters. The Labute approximate surface area is 92.8 Å². The second kappa shape index (κ2) is 6.63. The lowest BCUT2D eigenvalue weighted by Crippen LogP contribution is -2.19. The Kier molecular flexibility index (Phi) is 6.26. The summed E-state index contributed by atoms with van der Waals surface area (Å²) in [7, 11) is 4.20. The van der Waals surface area contributed by atoms with Crippen LogP contribution in [0.1, 0.15) is 18.0 Å². The highest BCUT2D eigenvalue weighted by molar-refractivity contribution is 5.85. The van der Waals surface area contributed by atoms with Gasteiger partial charge >= 0.3 is 0 Å². The summed E-state index contributed by atoms with van der Waals surface area (Å²) in [6.07, 6.45) is 2.97. The van der Waals surface area contributed by atoms with Crippen molar-refractivity contribution in [3.05, 3.63) is 48.6 Å². The van der Waals surface area contributed by atoms with E-state index in [2.05, 4.69) is 49.8 Å². The molecule has 1 unspecified atom stereocenters. The standard InChI is InChI=1S/C12H17N.ClH/c1-4-8-12(13(2)3)11-9-6-5-7-10-11;/h4-7,9-10,12H,1,8H2,2-3H3;1H. The summed E-state index contributed by atoms with van der Waals surface area (Å²) in [6, 6.07) is 11.0. The van der Waals surface area contributed by atoms with Crippen molar-refractivity contribution in [3.8, 4) is 0 Å². The maximum Gasteiger partial charge on any atom is 0.0376 e. The van der Waals surface area contributed by atoms with Gasteiger partial charge in [0.1, 0.15) is 0 Å². The number of benzene rings is 1. The molecule has 78 valence electrons. The van der Waals surface area contributed by atoms with E-state index in [9.17, 15) is 0 Å². The Morgan fingerprint density at radius 1 is 1.29 bits per heavy atom. The van der Waals surface area contributed by atoms with Crippen LogP contribution in [0.5, 0.6) is 0 Å². The van der Waals surface area contributed by atoms with Gasteiger partial charge in [-0.15, -0.1) is 19.0 Å². The minimum Gasteiger partial charge on any atom is -0.302 e. The quantitative estimate of drug-likeness (QED) is 0.691. The summed E-state index contributed by atoms with van der Waals surface area (Å²) in [4.78, 5) is 2.22. The van der Waals surface area contributed by atoms with Gasteiger partial charge in [-0.05, 0) is 26.1 Å². The minimum absolute atomic E-state index is 0. The zero-order chi connectivity index (χ0) is 9.68. The second-order valence-electron chi connectivity index (χ2n) is 3.41. The van der Waals surface area contributed by atoms with E-state index in [1.165, 1.54) is 5.56 Å². The van der Waals surface area contributed by atoms with Gasteiger partial charge in [-0.1, -0.05) is 36.4 Å². The summed E-state index contributed by atoms with van der Waals surface area (Å²) in [5.74, 6) is 0. The summed E-state index contributed by atoms with van der Waals surface area (Å²) in [5.41, 5.74) is 1.35. The molecule has 0 radical (unpaired) electrons. The Morgan fingerprint density at radius 2 is 1.86 bits per heavy atom. The van der Waals surface area contributed by atoms with Crippen LogP contribution in [0.4, 0.5) is 0 Å². The van der Waals surface area contributed by atoms with E-state index in [4.69, 9.17) is 0 Å². The first-order chi connectivity index (χ1) is 6.25. The highest BCUT2D eigenvalue weighted by Crippen LogP contribution is 2.21. The molecule has 1 nitrogen and oxygen atoms in total. The summed E-state index contributed by atoms with van der Waals surface area (Å²) in [6.45, 7) is 3.78. The van der Waals surface area contributed by atoms with E-state index in [1.54, 1.807) is 0 Å². The molecule has 14 heavy (non-hydrogen) atoms. The van der Waals surface area contributed by atoms with Crippen molar-refractivity contribution in [2.75, 3.05) is 14.1 Å². The lowest BCUT2D eigenvalue weighted by molar-refractivity contribution is 0.301. The van der Waals surface area contributed by atoms with Gasteiger partial charge in [0.25, 0.3) is 0 Å². The molecule has 0 aromatic heterocycles. The molecule has 0 amide bonds. The predicted octanol–water partition coefficient (Wildman–Crippen LogP) is 3.29. The lowest BCUT2D eigenvalue weighted by Gasteiger charge is -2.23. The zero-order valence-electron chi connectivity index (χ0n) is 8.81. The van der Waals surface area contributed by atoms with Gasteiger partial charge in [-0.2, -0.15) is 0 Å². The van der Waals surface area contributed by atoms with Crippen molar-refractivity contribution < 1.29 is 0 Å². The third kappa shape index (κ3) is 3.52. The molecule has 0 spiro atoms. The monoisotopic (exact) mass is 211 g/mol.